The molecule has 0 aliphatic carbocycles. The number of nitrogens with one attached hydrogen (secondary N) is 1. The normalized spacial score (nSPS) is 16.3. The first-order valence-electron chi connectivity index (χ1n) is 10.5. The molecule has 0 radical (unpaired) electrons. The van der Waals surface area contributed by atoms with Crippen molar-refractivity contribution >= 4 is 16.7 Å². The van der Waals surface area contributed by atoms with Gasteiger partial charge < -0.3 is 9.30 Å². The van der Waals surface area contributed by atoms with Crippen LogP contribution >= 0.6 is 0 Å². The Balaban J connectivity index is 1.52. The first-order valence-corrected chi connectivity index (χ1v) is 10.5. The van der Waals surface area contributed by atoms with E-state index in [0.29, 0.717) is 23.7 Å². The maximum atomic E-state index is 13.1. The average Bonchev–Trinajstić information content (AvgIpc) is 3.17. The van der Waals surface area contributed by atoms with E-state index in [4.69, 9.17) is 14.6 Å². The SMILES string of the molecule is Cc1cc(C2=N[C@H](c3cn(C)c4ccccc34)CON2)c(Oc2cccc(C(F)(F)F)c2)nn1. The van der Waals surface area contributed by atoms with Gasteiger partial charge in [-0.3, -0.25) is 9.83 Å². The minimum atomic E-state index is -4.49. The quantitative estimate of drug-likeness (QED) is 0.452. The molecule has 2 aromatic heterocycles. The second kappa shape index (κ2) is 8.45. The minimum Gasteiger partial charge on any atom is -0.437 e. The third-order valence-electron chi connectivity index (χ3n) is 5.49. The lowest BCUT2D eigenvalue weighted by atomic mass is 10.1. The maximum absolute atomic E-state index is 13.1. The number of para-hydroxylation sites is 1. The van der Waals surface area contributed by atoms with Crippen LogP contribution in [-0.2, 0) is 18.1 Å². The van der Waals surface area contributed by atoms with Gasteiger partial charge in [0.05, 0.1) is 16.8 Å². The Labute approximate surface area is 192 Å². The lowest BCUT2D eigenvalue weighted by molar-refractivity contribution is -0.137. The van der Waals surface area contributed by atoms with Gasteiger partial charge in [-0.25, -0.2) is 5.48 Å². The van der Waals surface area contributed by atoms with Crippen molar-refractivity contribution in [1.82, 2.24) is 20.2 Å². The van der Waals surface area contributed by atoms with Crippen molar-refractivity contribution in [3.05, 3.63) is 83.2 Å². The molecule has 1 atom stereocenters. The molecule has 1 N–H and O–H groups in total. The Morgan fingerprint density at radius 2 is 1.91 bits per heavy atom. The zero-order valence-electron chi connectivity index (χ0n) is 18.3. The highest BCUT2D eigenvalue weighted by molar-refractivity contribution is 6.00. The number of ether oxygens (including phenoxy) is 1. The Hall–Kier alpha value is -3.92. The number of hydrogen-bond donors (Lipinski definition) is 1. The molecule has 0 spiro atoms. The number of aliphatic imine (C=N–C) groups is 1. The predicted octanol–water partition coefficient (Wildman–Crippen LogP) is 5.11. The molecule has 174 valence electrons. The summed E-state index contributed by atoms with van der Waals surface area (Å²) in [6.07, 6.45) is -2.48. The molecule has 7 nitrogen and oxygen atoms in total. The van der Waals surface area contributed by atoms with Crippen LogP contribution in [0.25, 0.3) is 10.9 Å². The van der Waals surface area contributed by atoms with Gasteiger partial charge in [-0.1, -0.05) is 24.3 Å². The molecule has 3 heterocycles. The number of amidine groups is 1. The zero-order chi connectivity index (χ0) is 23.9. The van der Waals surface area contributed by atoms with Crippen molar-refractivity contribution in [3.8, 4) is 11.6 Å². The Kier molecular flexibility index (Phi) is 5.45. The van der Waals surface area contributed by atoms with Crippen LogP contribution in [0.2, 0.25) is 0 Å². The number of hydrogen-bond acceptors (Lipinski definition) is 6. The van der Waals surface area contributed by atoms with Crippen LogP contribution in [0.1, 0.15) is 28.4 Å². The molecule has 34 heavy (non-hydrogen) atoms. The molecule has 0 saturated heterocycles. The highest BCUT2D eigenvalue weighted by atomic mass is 19.4. The third-order valence-corrected chi connectivity index (χ3v) is 5.49. The summed E-state index contributed by atoms with van der Waals surface area (Å²) in [5, 5.41) is 9.12. The van der Waals surface area contributed by atoms with Crippen LogP contribution in [0.3, 0.4) is 0 Å². The number of hydroxylamine groups is 1. The molecular weight excluding hydrogens is 447 g/mol. The Morgan fingerprint density at radius 3 is 2.74 bits per heavy atom. The van der Waals surface area contributed by atoms with Crippen molar-refractivity contribution in [2.24, 2.45) is 12.0 Å². The summed E-state index contributed by atoms with van der Waals surface area (Å²) in [4.78, 5) is 10.5. The summed E-state index contributed by atoms with van der Waals surface area (Å²) in [6.45, 7) is 2.05. The number of aromatic nitrogens is 3. The van der Waals surface area contributed by atoms with Crippen molar-refractivity contribution in [1.29, 1.82) is 0 Å². The topological polar surface area (TPSA) is 73.6 Å². The molecule has 0 amide bonds. The number of rotatable bonds is 4. The van der Waals surface area contributed by atoms with E-state index in [-0.39, 0.29) is 17.7 Å². The lowest BCUT2D eigenvalue weighted by Crippen LogP contribution is -2.33. The van der Waals surface area contributed by atoms with Crippen LogP contribution in [0.5, 0.6) is 11.6 Å². The predicted molar refractivity (Wildman–Crippen MR) is 120 cm³/mol. The summed E-state index contributed by atoms with van der Waals surface area (Å²) >= 11 is 0. The number of benzene rings is 2. The second-order valence-corrected chi connectivity index (χ2v) is 7.95. The maximum Gasteiger partial charge on any atom is 0.416 e. The fourth-order valence-electron chi connectivity index (χ4n) is 3.90. The second-order valence-electron chi connectivity index (χ2n) is 7.95. The molecule has 0 fully saturated rings. The van der Waals surface area contributed by atoms with Gasteiger partial charge in [0.25, 0.3) is 0 Å². The third kappa shape index (κ3) is 4.19. The van der Waals surface area contributed by atoms with Gasteiger partial charge in [0, 0.05) is 29.7 Å². The molecule has 0 unspecified atom stereocenters. The molecule has 10 heteroatoms. The van der Waals surface area contributed by atoms with E-state index in [0.717, 1.165) is 28.6 Å². The molecule has 0 bridgehead atoms. The molecule has 1 aliphatic heterocycles. The molecule has 1 aliphatic rings. The van der Waals surface area contributed by atoms with Crippen LogP contribution in [-0.4, -0.2) is 27.2 Å². The van der Waals surface area contributed by atoms with E-state index in [2.05, 4.69) is 15.7 Å². The minimum absolute atomic E-state index is 0.0124. The van der Waals surface area contributed by atoms with Gasteiger partial charge in [-0.2, -0.15) is 18.3 Å². The van der Waals surface area contributed by atoms with Gasteiger partial charge in [-0.05, 0) is 37.3 Å². The van der Waals surface area contributed by atoms with Gasteiger partial charge >= 0.3 is 6.18 Å². The summed E-state index contributed by atoms with van der Waals surface area (Å²) in [7, 11) is 1.97. The lowest BCUT2D eigenvalue weighted by Gasteiger charge is -2.22. The van der Waals surface area contributed by atoms with Crippen molar-refractivity contribution < 1.29 is 22.7 Å². The van der Waals surface area contributed by atoms with E-state index in [1.54, 1.807) is 13.0 Å². The van der Waals surface area contributed by atoms with Gasteiger partial charge in [0.2, 0.25) is 5.88 Å². The summed E-state index contributed by atoms with van der Waals surface area (Å²) < 4.78 is 47.1. The smallest absolute Gasteiger partial charge is 0.416 e. The van der Waals surface area contributed by atoms with Crippen molar-refractivity contribution in [2.75, 3.05) is 6.61 Å². The molecule has 4 aromatic rings. The highest BCUT2D eigenvalue weighted by Crippen LogP contribution is 2.34. The zero-order valence-corrected chi connectivity index (χ0v) is 18.3. The largest absolute Gasteiger partial charge is 0.437 e. The van der Waals surface area contributed by atoms with Crippen molar-refractivity contribution in [3.63, 3.8) is 0 Å². The number of fused-ring (bicyclic) bond motifs is 1. The molecular formula is C24H20F3N5O2. The summed E-state index contributed by atoms with van der Waals surface area (Å²) in [6, 6.07) is 14.0. The van der Waals surface area contributed by atoms with Crippen LogP contribution in [0, 0.1) is 6.92 Å². The fourth-order valence-corrected chi connectivity index (χ4v) is 3.90. The van der Waals surface area contributed by atoms with Crippen LogP contribution < -0.4 is 10.2 Å². The first-order chi connectivity index (χ1) is 16.3. The van der Waals surface area contributed by atoms with E-state index >= 15 is 0 Å². The average molecular weight is 467 g/mol. The van der Waals surface area contributed by atoms with Crippen LogP contribution in [0.15, 0.2) is 65.8 Å². The Bertz CT molecular complexity index is 1400. The number of alkyl halides is 3. The van der Waals surface area contributed by atoms with E-state index in [1.165, 1.54) is 12.1 Å². The van der Waals surface area contributed by atoms with Gasteiger partial charge in [0.1, 0.15) is 18.4 Å². The number of aryl methyl sites for hydroxylation is 2. The summed E-state index contributed by atoms with van der Waals surface area (Å²) in [5.74, 6) is 0.347. The van der Waals surface area contributed by atoms with E-state index < -0.39 is 11.7 Å². The Morgan fingerprint density at radius 1 is 1.09 bits per heavy atom. The van der Waals surface area contributed by atoms with E-state index in [9.17, 15) is 13.2 Å². The number of nitrogens with zero attached hydrogens (tertiary/aromatic N) is 4. The van der Waals surface area contributed by atoms with E-state index in [1.807, 2.05) is 42.1 Å². The summed E-state index contributed by atoms with van der Waals surface area (Å²) in [5.41, 5.74) is 5.05. The monoisotopic (exact) mass is 467 g/mol. The molecule has 5 rings (SSSR count). The van der Waals surface area contributed by atoms with Crippen molar-refractivity contribution in [2.45, 2.75) is 19.1 Å². The van der Waals surface area contributed by atoms with Gasteiger partial charge in [-0.15, -0.1) is 5.10 Å². The molecule has 2 aromatic carbocycles. The highest BCUT2D eigenvalue weighted by Gasteiger charge is 2.31. The van der Waals surface area contributed by atoms with Gasteiger partial charge in [0.15, 0.2) is 5.84 Å². The standard InChI is InChI=1S/C24H20F3N5O2/c1-14-10-18(23(30-29-14)34-16-7-5-6-15(11-16)24(25,26)27)22-28-20(13-33-31-22)19-12-32(2)21-9-4-3-8-17(19)21/h3-12,20H,13H2,1-2H3,(H,28,31)/t20-/m0/s1. The molecule has 0 saturated carbocycles. The first kappa shape index (κ1) is 21.9. The number of halogens is 3. The fraction of sp³-hybridized carbons (Fsp3) is 0.208. The van der Waals surface area contributed by atoms with Crippen LogP contribution in [0.4, 0.5) is 13.2 Å².